The Hall–Kier alpha value is -1.93. The molecule has 0 aromatic heterocycles. The van der Waals surface area contributed by atoms with Crippen LogP contribution < -0.4 is 5.32 Å². The van der Waals surface area contributed by atoms with Gasteiger partial charge in [0.15, 0.2) is 0 Å². The van der Waals surface area contributed by atoms with Gasteiger partial charge in [-0.05, 0) is 48.2 Å². The van der Waals surface area contributed by atoms with Crippen LogP contribution in [0.4, 0.5) is 5.69 Å². The third-order valence-corrected chi connectivity index (χ3v) is 6.82. The summed E-state index contributed by atoms with van der Waals surface area (Å²) in [5.41, 5.74) is 2.60. The molecule has 0 bridgehead atoms. The van der Waals surface area contributed by atoms with Gasteiger partial charge in [0.25, 0.3) is 10.2 Å². The van der Waals surface area contributed by atoms with Crippen LogP contribution in [-0.2, 0) is 28.0 Å². The molecule has 1 amide bonds. The summed E-state index contributed by atoms with van der Waals surface area (Å²) in [4.78, 5) is 12.4. The number of halogens is 1. The van der Waals surface area contributed by atoms with E-state index in [2.05, 4.69) is 5.32 Å². The highest BCUT2D eigenvalue weighted by Crippen LogP contribution is 2.21. The van der Waals surface area contributed by atoms with Gasteiger partial charge in [-0.2, -0.15) is 17.0 Å². The van der Waals surface area contributed by atoms with Crippen molar-refractivity contribution < 1.29 is 13.2 Å². The highest BCUT2D eigenvalue weighted by molar-refractivity contribution is 7.86. The zero-order valence-corrected chi connectivity index (χ0v) is 17.3. The third kappa shape index (κ3) is 5.11. The molecular weight excluding hydrogens is 398 g/mol. The number of carbonyl (C=O) groups excluding carboxylic acids is 1. The van der Waals surface area contributed by atoms with Gasteiger partial charge >= 0.3 is 0 Å². The Morgan fingerprint density at radius 3 is 2.54 bits per heavy atom. The van der Waals surface area contributed by atoms with Crippen LogP contribution in [0.1, 0.15) is 24.5 Å². The summed E-state index contributed by atoms with van der Waals surface area (Å²) in [6.07, 6.45) is 1.53. The Morgan fingerprint density at radius 2 is 1.79 bits per heavy atom. The van der Waals surface area contributed by atoms with Gasteiger partial charge in [0, 0.05) is 30.3 Å². The van der Waals surface area contributed by atoms with E-state index in [0.29, 0.717) is 30.2 Å². The van der Waals surface area contributed by atoms with Crippen LogP contribution in [0.5, 0.6) is 0 Å². The number of rotatable bonds is 6. The fraction of sp³-hybridized carbons (Fsp3) is 0.350. The Bertz CT molecular complexity index is 949. The molecule has 1 heterocycles. The molecule has 0 spiro atoms. The fourth-order valence-corrected chi connectivity index (χ4v) is 5.06. The molecule has 1 N–H and O–H groups in total. The molecule has 150 valence electrons. The van der Waals surface area contributed by atoms with Gasteiger partial charge < -0.3 is 5.32 Å². The van der Waals surface area contributed by atoms with E-state index in [1.54, 1.807) is 24.3 Å². The summed E-state index contributed by atoms with van der Waals surface area (Å²) >= 11 is 6.00. The number of benzene rings is 2. The van der Waals surface area contributed by atoms with Crippen molar-refractivity contribution in [3.05, 3.63) is 64.7 Å². The van der Waals surface area contributed by atoms with Crippen molar-refractivity contribution in [2.24, 2.45) is 0 Å². The number of anilines is 1. The lowest BCUT2D eigenvalue weighted by Crippen LogP contribution is -2.51. The molecule has 6 nitrogen and oxygen atoms in total. The number of aryl methyl sites for hydroxylation is 1. The van der Waals surface area contributed by atoms with Crippen molar-refractivity contribution in [3.63, 3.8) is 0 Å². The molecule has 0 unspecified atom stereocenters. The molecule has 2 aromatic carbocycles. The molecule has 1 saturated heterocycles. The maximum atomic E-state index is 12.9. The van der Waals surface area contributed by atoms with E-state index in [9.17, 15) is 13.2 Å². The molecule has 8 heteroatoms. The Balaban J connectivity index is 1.66. The molecule has 1 aliphatic rings. The molecule has 2 aromatic rings. The summed E-state index contributed by atoms with van der Waals surface area (Å²) in [6, 6.07) is 14.7. The van der Waals surface area contributed by atoms with Crippen molar-refractivity contribution >= 4 is 33.4 Å². The minimum atomic E-state index is -3.71. The summed E-state index contributed by atoms with van der Waals surface area (Å²) < 4.78 is 28.5. The second-order valence-corrected chi connectivity index (χ2v) is 9.13. The minimum Gasteiger partial charge on any atom is -0.325 e. The van der Waals surface area contributed by atoms with Crippen LogP contribution in [0, 0.1) is 0 Å². The van der Waals surface area contributed by atoms with Gasteiger partial charge in [0.1, 0.15) is 0 Å². The van der Waals surface area contributed by atoms with Gasteiger partial charge in [-0.3, -0.25) is 4.79 Å². The molecule has 3 rings (SSSR count). The lowest BCUT2D eigenvalue weighted by atomic mass is 10.1. The first-order valence-corrected chi connectivity index (χ1v) is 11.0. The first-order chi connectivity index (χ1) is 13.4. The van der Waals surface area contributed by atoms with Crippen molar-refractivity contribution in [2.45, 2.75) is 26.3 Å². The molecule has 1 aliphatic heterocycles. The summed E-state index contributed by atoms with van der Waals surface area (Å²) in [7, 11) is -3.71. The SMILES string of the molecule is CCc1cccc(NC(=O)CN2CCCN(Cc3cccc(Cl)c3)S2(=O)=O)c1. The average molecular weight is 422 g/mol. The Labute approximate surface area is 171 Å². The van der Waals surface area contributed by atoms with Gasteiger partial charge in [-0.15, -0.1) is 0 Å². The summed E-state index contributed by atoms with van der Waals surface area (Å²) in [5.74, 6) is -0.346. The number of carbonyl (C=O) groups is 1. The summed E-state index contributed by atoms with van der Waals surface area (Å²) in [5, 5.41) is 3.36. The second-order valence-electron chi connectivity index (χ2n) is 6.76. The van der Waals surface area contributed by atoms with Gasteiger partial charge in [0.2, 0.25) is 5.91 Å². The zero-order valence-electron chi connectivity index (χ0n) is 15.8. The monoisotopic (exact) mass is 421 g/mol. The topological polar surface area (TPSA) is 69.7 Å². The van der Waals surface area contributed by atoms with E-state index in [-0.39, 0.29) is 19.0 Å². The Morgan fingerprint density at radius 1 is 1.07 bits per heavy atom. The first-order valence-electron chi connectivity index (χ1n) is 9.27. The van der Waals surface area contributed by atoms with Crippen LogP contribution in [0.3, 0.4) is 0 Å². The number of hydrogen-bond acceptors (Lipinski definition) is 3. The minimum absolute atomic E-state index is 0.204. The standard InChI is InChI=1S/C20H24ClN3O3S/c1-2-16-6-4-9-19(13-16)22-20(25)15-24-11-5-10-23(28(24,26)27)14-17-7-3-8-18(21)12-17/h3-4,6-9,12-13H,2,5,10-11,14-15H2,1H3,(H,22,25). The van der Waals surface area contributed by atoms with Crippen LogP contribution >= 0.6 is 11.6 Å². The van der Waals surface area contributed by atoms with E-state index in [1.165, 1.54) is 8.61 Å². The van der Waals surface area contributed by atoms with E-state index >= 15 is 0 Å². The lowest BCUT2D eigenvalue weighted by Gasteiger charge is -2.34. The van der Waals surface area contributed by atoms with E-state index in [4.69, 9.17) is 11.6 Å². The highest BCUT2D eigenvalue weighted by Gasteiger charge is 2.34. The van der Waals surface area contributed by atoms with Gasteiger partial charge in [0.05, 0.1) is 6.54 Å². The van der Waals surface area contributed by atoms with E-state index < -0.39 is 10.2 Å². The van der Waals surface area contributed by atoms with Crippen LogP contribution in [0.2, 0.25) is 5.02 Å². The number of hydrogen-bond donors (Lipinski definition) is 1. The molecule has 1 fully saturated rings. The van der Waals surface area contributed by atoms with Crippen LogP contribution in [0.15, 0.2) is 48.5 Å². The summed E-state index contributed by atoms with van der Waals surface area (Å²) in [6.45, 7) is 2.82. The molecular formula is C20H24ClN3O3S. The average Bonchev–Trinajstić information content (AvgIpc) is 2.65. The van der Waals surface area contributed by atoms with Gasteiger partial charge in [-0.25, -0.2) is 0 Å². The molecule has 0 aliphatic carbocycles. The predicted octanol–water partition coefficient (Wildman–Crippen LogP) is 3.29. The van der Waals surface area contributed by atoms with Crippen LogP contribution in [-0.4, -0.2) is 42.6 Å². The largest absolute Gasteiger partial charge is 0.325 e. The molecule has 0 radical (unpaired) electrons. The molecule has 28 heavy (non-hydrogen) atoms. The number of amides is 1. The lowest BCUT2D eigenvalue weighted by molar-refractivity contribution is -0.116. The van der Waals surface area contributed by atoms with Crippen molar-refractivity contribution in [2.75, 3.05) is 25.0 Å². The number of nitrogens with one attached hydrogen (secondary N) is 1. The van der Waals surface area contributed by atoms with E-state index in [1.807, 2.05) is 31.2 Å². The first kappa shape index (κ1) is 20.8. The van der Waals surface area contributed by atoms with Crippen molar-refractivity contribution in [1.29, 1.82) is 0 Å². The second kappa shape index (κ2) is 9.05. The molecule has 0 saturated carbocycles. The normalized spacial score (nSPS) is 17.4. The third-order valence-electron chi connectivity index (χ3n) is 4.65. The van der Waals surface area contributed by atoms with Crippen molar-refractivity contribution in [3.8, 4) is 0 Å². The van der Waals surface area contributed by atoms with Gasteiger partial charge in [-0.1, -0.05) is 42.8 Å². The predicted molar refractivity (Wildman–Crippen MR) is 111 cm³/mol. The Kier molecular flexibility index (Phi) is 6.72. The fourth-order valence-electron chi connectivity index (χ4n) is 3.21. The highest BCUT2D eigenvalue weighted by atomic mass is 35.5. The molecule has 0 atom stereocenters. The number of nitrogens with zero attached hydrogens (tertiary/aromatic N) is 2. The smallest absolute Gasteiger partial charge is 0.282 e. The van der Waals surface area contributed by atoms with Crippen molar-refractivity contribution in [1.82, 2.24) is 8.61 Å². The maximum Gasteiger partial charge on any atom is 0.282 e. The zero-order chi connectivity index (χ0) is 20.1. The van der Waals surface area contributed by atoms with Crippen LogP contribution in [0.25, 0.3) is 0 Å². The van der Waals surface area contributed by atoms with E-state index in [0.717, 1.165) is 17.5 Å². The maximum absolute atomic E-state index is 12.9. The quantitative estimate of drug-likeness (QED) is 0.778.